The number of nitrogens with zero attached hydrogens (tertiary/aromatic N) is 2. The minimum absolute atomic E-state index is 0.442. The molecule has 0 radical (unpaired) electrons. The smallest absolute Gasteiger partial charge is 0.134 e. The van der Waals surface area contributed by atoms with E-state index in [1.165, 1.54) is 18.4 Å². The van der Waals surface area contributed by atoms with Crippen molar-refractivity contribution in [3.05, 3.63) is 11.9 Å². The first-order chi connectivity index (χ1) is 9.08. The van der Waals surface area contributed by atoms with Crippen molar-refractivity contribution in [1.29, 1.82) is 0 Å². The van der Waals surface area contributed by atoms with E-state index in [0.717, 1.165) is 30.5 Å². The third kappa shape index (κ3) is 5.05. The van der Waals surface area contributed by atoms with Crippen LogP contribution in [0, 0.1) is 5.92 Å². The van der Waals surface area contributed by atoms with Crippen LogP contribution in [0.5, 0.6) is 0 Å². The first-order valence-electron chi connectivity index (χ1n) is 7.42. The Morgan fingerprint density at radius 3 is 2.32 bits per heavy atom. The maximum absolute atomic E-state index is 4.40. The molecule has 4 heteroatoms. The number of anilines is 2. The normalized spacial score (nSPS) is 12.5. The quantitative estimate of drug-likeness (QED) is 0.751. The molecule has 0 spiro atoms. The van der Waals surface area contributed by atoms with E-state index in [9.17, 15) is 0 Å². The largest absolute Gasteiger partial charge is 0.370 e. The van der Waals surface area contributed by atoms with Gasteiger partial charge in [-0.1, -0.05) is 20.8 Å². The molecule has 0 aliphatic heterocycles. The Bertz CT molecular complexity index is 376. The SMILES string of the molecule is CCNc1ncnc(NC(C)CCC(C)C)c1CC. The molecular weight excluding hydrogens is 236 g/mol. The van der Waals surface area contributed by atoms with Crippen LogP contribution in [0.25, 0.3) is 0 Å². The first-order valence-corrected chi connectivity index (χ1v) is 7.42. The summed E-state index contributed by atoms with van der Waals surface area (Å²) < 4.78 is 0. The summed E-state index contributed by atoms with van der Waals surface area (Å²) in [6, 6.07) is 0.442. The Morgan fingerprint density at radius 1 is 1.05 bits per heavy atom. The van der Waals surface area contributed by atoms with E-state index in [-0.39, 0.29) is 0 Å². The van der Waals surface area contributed by atoms with E-state index in [1.54, 1.807) is 6.33 Å². The zero-order chi connectivity index (χ0) is 14.3. The lowest BCUT2D eigenvalue weighted by atomic mass is 10.0. The lowest BCUT2D eigenvalue weighted by Gasteiger charge is -2.19. The van der Waals surface area contributed by atoms with E-state index >= 15 is 0 Å². The Morgan fingerprint density at radius 2 is 1.74 bits per heavy atom. The molecule has 1 rings (SSSR count). The Kier molecular flexibility index (Phi) is 6.60. The molecule has 0 aromatic carbocycles. The molecule has 0 aliphatic carbocycles. The van der Waals surface area contributed by atoms with Gasteiger partial charge < -0.3 is 10.6 Å². The molecule has 0 saturated carbocycles. The van der Waals surface area contributed by atoms with Crippen LogP contribution in [0.2, 0.25) is 0 Å². The number of hydrogen-bond acceptors (Lipinski definition) is 4. The van der Waals surface area contributed by atoms with Crippen molar-refractivity contribution >= 4 is 11.6 Å². The van der Waals surface area contributed by atoms with Crippen molar-refractivity contribution in [3.8, 4) is 0 Å². The second-order valence-electron chi connectivity index (χ2n) is 5.45. The molecule has 19 heavy (non-hydrogen) atoms. The summed E-state index contributed by atoms with van der Waals surface area (Å²) in [5.74, 6) is 2.68. The van der Waals surface area contributed by atoms with Crippen LogP contribution in [-0.4, -0.2) is 22.6 Å². The molecule has 1 aromatic heterocycles. The molecule has 0 saturated heterocycles. The molecule has 2 N–H and O–H groups in total. The topological polar surface area (TPSA) is 49.8 Å². The van der Waals surface area contributed by atoms with Crippen LogP contribution in [-0.2, 0) is 6.42 Å². The number of hydrogen-bond donors (Lipinski definition) is 2. The van der Waals surface area contributed by atoms with Crippen molar-refractivity contribution in [1.82, 2.24) is 9.97 Å². The molecule has 108 valence electrons. The van der Waals surface area contributed by atoms with Crippen molar-refractivity contribution in [2.24, 2.45) is 5.92 Å². The van der Waals surface area contributed by atoms with Crippen molar-refractivity contribution in [2.75, 3.05) is 17.2 Å². The molecule has 1 unspecified atom stereocenters. The predicted molar refractivity (Wildman–Crippen MR) is 82.7 cm³/mol. The highest BCUT2D eigenvalue weighted by Gasteiger charge is 2.11. The maximum atomic E-state index is 4.40. The third-order valence-electron chi connectivity index (χ3n) is 3.20. The van der Waals surface area contributed by atoms with E-state index < -0.39 is 0 Å². The molecule has 0 bridgehead atoms. The summed E-state index contributed by atoms with van der Waals surface area (Å²) in [6.45, 7) is 11.9. The van der Waals surface area contributed by atoms with Gasteiger partial charge in [-0.3, -0.25) is 0 Å². The lowest BCUT2D eigenvalue weighted by molar-refractivity contribution is 0.527. The van der Waals surface area contributed by atoms with Crippen molar-refractivity contribution < 1.29 is 0 Å². The van der Waals surface area contributed by atoms with Gasteiger partial charge in [0.25, 0.3) is 0 Å². The molecular formula is C15H28N4. The predicted octanol–water partition coefficient (Wildman–Crippen LogP) is 3.71. The molecule has 4 nitrogen and oxygen atoms in total. The highest BCUT2D eigenvalue weighted by Crippen LogP contribution is 2.21. The second kappa shape index (κ2) is 7.97. The van der Waals surface area contributed by atoms with Gasteiger partial charge in [0.05, 0.1) is 0 Å². The third-order valence-corrected chi connectivity index (χ3v) is 3.20. The van der Waals surface area contributed by atoms with Crippen molar-refractivity contribution in [2.45, 2.75) is 59.9 Å². The molecule has 0 fully saturated rings. The summed E-state index contributed by atoms with van der Waals surface area (Å²) in [5, 5.41) is 6.82. The Labute approximate surface area is 117 Å². The highest BCUT2D eigenvalue weighted by atomic mass is 15.1. The van der Waals surface area contributed by atoms with Gasteiger partial charge in [0.15, 0.2) is 0 Å². The summed E-state index contributed by atoms with van der Waals surface area (Å²) >= 11 is 0. The summed E-state index contributed by atoms with van der Waals surface area (Å²) in [7, 11) is 0. The first kappa shape index (κ1) is 15.7. The number of aromatic nitrogens is 2. The standard InChI is InChI=1S/C15H28N4/c1-6-13-14(16-7-2)17-10-18-15(13)19-12(5)9-8-11(3)4/h10-12H,6-9H2,1-5H3,(H2,16,17,18,19). The highest BCUT2D eigenvalue weighted by molar-refractivity contribution is 5.57. The molecule has 1 aromatic rings. The second-order valence-corrected chi connectivity index (χ2v) is 5.45. The Hall–Kier alpha value is -1.32. The fourth-order valence-corrected chi connectivity index (χ4v) is 2.08. The minimum atomic E-state index is 0.442. The van der Waals surface area contributed by atoms with Crippen LogP contribution in [0.15, 0.2) is 6.33 Å². The van der Waals surface area contributed by atoms with Gasteiger partial charge >= 0.3 is 0 Å². The van der Waals surface area contributed by atoms with Gasteiger partial charge in [-0.15, -0.1) is 0 Å². The maximum Gasteiger partial charge on any atom is 0.134 e. The van der Waals surface area contributed by atoms with E-state index in [4.69, 9.17) is 0 Å². The van der Waals surface area contributed by atoms with Crippen molar-refractivity contribution in [3.63, 3.8) is 0 Å². The van der Waals surface area contributed by atoms with E-state index in [1.807, 2.05) is 0 Å². The number of nitrogens with one attached hydrogen (secondary N) is 2. The van der Waals surface area contributed by atoms with Crippen LogP contribution >= 0.6 is 0 Å². The average Bonchev–Trinajstić information content (AvgIpc) is 2.37. The fourth-order valence-electron chi connectivity index (χ4n) is 2.08. The van der Waals surface area contributed by atoms with Gasteiger partial charge in [0, 0.05) is 18.2 Å². The zero-order valence-corrected chi connectivity index (χ0v) is 13.0. The summed E-state index contributed by atoms with van der Waals surface area (Å²) in [5.41, 5.74) is 1.18. The van der Waals surface area contributed by atoms with Gasteiger partial charge in [0.2, 0.25) is 0 Å². The monoisotopic (exact) mass is 264 g/mol. The summed E-state index contributed by atoms with van der Waals surface area (Å²) in [4.78, 5) is 8.72. The van der Waals surface area contributed by atoms with Gasteiger partial charge in [-0.2, -0.15) is 0 Å². The zero-order valence-electron chi connectivity index (χ0n) is 13.0. The van der Waals surface area contributed by atoms with Crippen LogP contribution in [0.4, 0.5) is 11.6 Å². The van der Waals surface area contributed by atoms with Crippen LogP contribution < -0.4 is 10.6 Å². The van der Waals surface area contributed by atoms with Gasteiger partial charge in [-0.05, 0) is 39.0 Å². The van der Waals surface area contributed by atoms with Crippen LogP contribution in [0.3, 0.4) is 0 Å². The molecule has 1 atom stereocenters. The molecule has 0 aliphatic rings. The van der Waals surface area contributed by atoms with Crippen LogP contribution in [0.1, 0.15) is 53.0 Å². The number of rotatable bonds is 8. The molecule has 1 heterocycles. The van der Waals surface area contributed by atoms with Gasteiger partial charge in [0.1, 0.15) is 18.0 Å². The summed E-state index contributed by atoms with van der Waals surface area (Å²) in [6.07, 6.45) is 4.97. The van der Waals surface area contributed by atoms with E-state index in [0.29, 0.717) is 6.04 Å². The Balaban J connectivity index is 2.73. The lowest BCUT2D eigenvalue weighted by Crippen LogP contribution is -2.19. The van der Waals surface area contributed by atoms with E-state index in [2.05, 4.69) is 55.2 Å². The fraction of sp³-hybridized carbons (Fsp3) is 0.733. The minimum Gasteiger partial charge on any atom is -0.370 e. The molecule has 0 amide bonds. The van der Waals surface area contributed by atoms with Gasteiger partial charge in [-0.25, -0.2) is 9.97 Å². The average molecular weight is 264 g/mol.